The van der Waals surface area contributed by atoms with E-state index in [-0.39, 0.29) is 28.4 Å². The van der Waals surface area contributed by atoms with Gasteiger partial charge in [0.15, 0.2) is 11.6 Å². The molecule has 0 unspecified atom stereocenters. The molecule has 2 aromatic carbocycles. The number of carbonyl (C=O) groups excluding carboxylic acids is 2. The lowest BCUT2D eigenvalue weighted by Crippen LogP contribution is -2.23. The highest BCUT2D eigenvalue weighted by atomic mass is 32.2. The third-order valence-corrected chi connectivity index (χ3v) is 3.88. The summed E-state index contributed by atoms with van der Waals surface area (Å²) in [6.07, 6.45) is 0. The van der Waals surface area contributed by atoms with Crippen molar-refractivity contribution in [2.24, 2.45) is 0 Å². The number of fused-ring (bicyclic) bond motifs is 2. The molecule has 0 atom stereocenters. The molecule has 0 spiro atoms. The van der Waals surface area contributed by atoms with Crippen molar-refractivity contribution in [3.63, 3.8) is 0 Å². The van der Waals surface area contributed by atoms with Crippen molar-refractivity contribution in [3.8, 4) is 5.40 Å². The minimum Gasteiger partial charge on any atom is -0.398 e. The number of nitriles is 1. The summed E-state index contributed by atoms with van der Waals surface area (Å²) >= 11 is 0.856. The number of rotatable bonds is 1. The Morgan fingerprint density at radius 3 is 2.15 bits per heavy atom. The van der Waals surface area contributed by atoms with Crippen LogP contribution in [0.4, 0.5) is 5.69 Å². The molecular formula is C15H8N2O2S. The van der Waals surface area contributed by atoms with Gasteiger partial charge in [-0.1, -0.05) is 24.3 Å². The molecule has 5 heteroatoms. The molecular weight excluding hydrogens is 272 g/mol. The third kappa shape index (κ3) is 1.63. The molecule has 20 heavy (non-hydrogen) atoms. The van der Waals surface area contributed by atoms with Gasteiger partial charge in [0.25, 0.3) is 0 Å². The number of hydrogen-bond acceptors (Lipinski definition) is 5. The van der Waals surface area contributed by atoms with Crippen LogP contribution >= 0.6 is 11.8 Å². The second-order valence-electron chi connectivity index (χ2n) is 4.30. The number of carbonyl (C=O) groups is 2. The van der Waals surface area contributed by atoms with Crippen molar-refractivity contribution in [2.75, 3.05) is 5.73 Å². The fraction of sp³-hybridized carbons (Fsp3) is 0. The number of nitrogens with zero attached hydrogens (tertiary/aromatic N) is 1. The smallest absolute Gasteiger partial charge is 0.196 e. The van der Waals surface area contributed by atoms with E-state index in [1.165, 1.54) is 0 Å². The van der Waals surface area contributed by atoms with Crippen LogP contribution in [0.15, 0.2) is 41.3 Å². The van der Waals surface area contributed by atoms with E-state index in [0.717, 1.165) is 11.8 Å². The maximum Gasteiger partial charge on any atom is 0.196 e. The van der Waals surface area contributed by atoms with E-state index in [1.807, 2.05) is 5.40 Å². The van der Waals surface area contributed by atoms with E-state index < -0.39 is 0 Å². The van der Waals surface area contributed by atoms with Crippen LogP contribution in [0.25, 0.3) is 0 Å². The SMILES string of the molecule is N#CSc1ccc(N)c2c1C(=O)c1ccccc1C2=O. The second kappa shape index (κ2) is 4.51. The number of nitrogens with two attached hydrogens (primary N) is 1. The number of thioether (sulfide) groups is 1. The van der Waals surface area contributed by atoms with E-state index in [4.69, 9.17) is 11.0 Å². The highest BCUT2D eigenvalue weighted by Gasteiger charge is 2.33. The Bertz CT molecular complexity index is 806. The Morgan fingerprint density at radius 2 is 1.55 bits per heavy atom. The summed E-state index contributed by atoms with van der Waals surface area (Å²) in [7, 11) is 0. The normalized spacial score (nSPS) is 12.6. The molecule has 0 aromatic heterocycles. The first-order chi connectivity index (χ1) is 9.65. The van der Waals surface area contributed by atoms with Crippen molar-refractivity contribution < 1.29 is 9.59 Å². The summed E-state index contributed by atoms with van der Waals surface area (Å²) in [4.78, 5) is 25.5. The van der Waals surface area contributed by atoms with Crippen LogP contribution in [0.2, 0.25) is 0 Å². The molecule has 96 valence electrons. The molecule has 3 rings (SSSR count). The Kier molecular flexibility index (Phi) is 2.81. The van der Waals surface area contributed by atoms with Gasteiger partial charge in [-0.25, -0.2) is 0 Å². The van der Waals surface area contributed by atoms with Crippen LogP contribution < -0.4 is 5.73 Å². The van der Waals surface area contributed by atoms with E-state index >= 15 is 0 Å². The summed E-state index contributed by atoms with van der Waals surface area (Å²) in [5.74, 6) is -0.534. The highest BCUT2D eigenvalue weighted by Crippen LogP contribution is 2.36. The number of nitrogen functional groups attached to an aromatic ring is 1. The van der Waals surface area contributed by atoms with Gasteiger partial charge in [0, 0.05) is 21.7 Å². The van der Waals surface area contributed by atoms with Gasteiger partial charge in [0.05, 0.1) is 11.1 Å². The lowest BCUT2D eigenvalue weighted by atomic mass is 9.83. The molecule has 4 nitrogen and oxygen atoms in total. The first-order valence-electron chi connectivity index (χ1n) is 5.82. The zero-order chi connectivity index (χ0) is 14.3. The maximum atomic E-state index is 12.6. The molecule has 2 aromatic rings. The molecule has 1 aliphatic carbocycles. The summed E-state index contributed by atoms with van der Waals surface area (Å²) in [6, 6.07) is 9.79. The van der Waals surface area contributed by atoms with Crippen LogP contribution in [-0.2, 0) is 0 Å². The van der Waals surface area contributed by atoms with Crippen LogP contribution in [0.1, 0.15) is 31.8 Å². The number of anilines is 1. The Morgan fingerprint density at radius 1 is 0.950 bits per heavy atom. The number of thiocyanates is 1. The minimum atomic E-state index is -0.270. The largest absolute Gasteiger partial charge is 0.398 e. The first kappa shape index (κ1) is 12.5. The van der Waals surface area contributed by atoms with E-state index in [9.17, 15) is 9.59 Å². The Hall–Kier alpha value is -2.58. The molecule has 0 fully saturated rings. The monoisotopic (exact) mass is 280 g/mol. The predicted molar refractivity (Wildman–Crippen MR) is 75.6 cm³/mol. The fourth-order valence-electron chi connectivity index (χ4n) is 2.35. The molecule has 0 bridgehead atoms. The zero-order valence-corrected chi connectivity index (χ0v) is 11.0. The Labute approximate surface area is 119 Å². The molecule has 2 N–H and O–H groups in total. The molecule has 1 aliphatic rings. The van der Waals surface area contributed by atoms with Gasteiger partial charge in [0.1, 0.15) is 5.40 Å². The van der Waals surface area contributed by atoms with Crippen molar-refractivity contribution in [2.45, 2.75) is 4.90 Å². The molecule has 0 heterocycles. The molecule has 0 amide bonds. The first-order valence-corrected chi connectivity index (χ1v) is 6.63. The van der Waals surface area contributed by atoms with Crippen molar-refractivity contribution in [1.29, 1.82) is 5.26 Å². The highest BCUT2D eigenvalue weighted by molar-refractivity contribution is 8.03. The van der Waals surface area contributed by atoms with Crippen LogP contribution in [0.3, 0.4) is 0 Å². The standard InChI is InChI=1S/C15H8N2O2S/c16-7-20-11-6-5-10(17)12-13(11)15(19)9-4-2-1-3-8(9)14(12)18/h1-6H,17H2. The molecule has 0 radical (unpaired) electrons. The number of benzene rings is 2. The summed E-state index contributed by atoms with van der Waals surface area (Å²) in [5.41, 5.74) is 7.26. The zero-order valence-electron chi connectivity index (χ0n) is 10.2. The predicted octanol–water partition coefficient (Wildman–Crippen LogP) is 2.62. The summed E-state index contributed by atoms with van der Waals surface area (Å²) in [6.45, 7) is 0. The van der Waals surface area contributed by atoms with Gasteiger partial charge in [-0.2, -0.15) is 5.26 Å². The average Bonchev–Trinajstić information content (AvgIpc) is 2.47. The molecule has 0 saturated heterocycles. The third-order valence-electron chi connectivity index (χ3n) is 3.23. The lowest BCUT2D eigenvalue weighted by Gasteiger charge is -2.20. The van der Waals surface area contributed by atoms with Crippen LogP contribution in [0, 0.1) is 10.7 Å². The van der Waals surface area contributed by atoms with E-state index in [1.54, 1.807) is 36.4 Å². The average molecular weight is 280 g/mol. The van der Waals surface area contributed by atoms with Crippen molar-refractivity contribution in [3.05, 3.63) is 58.7 Å². The molecule has 0 aliphatic heterocycles. The summed E-state index contributed by atoms with van der Waals surface area (Å²) < 4.78 is 0. The van der Waals surface area contributed by atoms with Crippen molar-refractivity contribution in [1.82, 2.24) is 0 Å². The Balaban J connectivity index is 2.36. The van der Waals surface area contributed by atoms with Crippen molar-refractivity contribution >= 4 is 29.0 Å². The number of ketones is 2. The number of hydrogen-bond donors (Lipinski definition) is 1. The topological polar surface area (TPSA) is 83.9 Å². The maximum absolute atomic E-state index is 12.6. The van der Waals surface area contributed by atoms with Gasteiger partial charge in [-0.15, -0.1) is 0 Å². The fourth-order valence-corrected chi connectivity index (χ4v) is 2.88. The minimum absolute atomic E-state index is 0.203. The summed E-state index contributed by atoms with van der Waals surface area (Å²) in [5, 5.41) is 10.7. The lowest BCUT2D eigenvalue weighted by molar-refractivity contribution is 0.0977. The van der Waals surface area contributed by atoms with E-state index in [2.05, 4.69) is 0 Å². The van der Waals surface area contributed by atoms with Gasteiger partial charge in [0.2, 0.25) is 0 Å². The van der Waals surface area contributed by atoms with Crippen LogP contribution in [0.5, 0.6) is 0 Å². The van der Waals surface area contributed by atoms with Gasteiger partial charge >= 0.3 is 0 Å². The van der Waals surface area contributed by atoms with Gasteiger partial charge < -0.3 is 5.73 Å². The van der Waals surface area contributed by atoms with E-state index in [0.29, 0.717) is 16.0 Å². The molecule has 0 saturated carbocycles. The van der Waals surface area contributed by atoms with Crippen LogP contribution in [-0.4, -0.2) is 11.6 Å². The quantitative estimate of drug-likeness (QED) is 0.421. The van der Waals surface area contributed by atoms with Gasteiger partial charge in [-0.3, -0.25) is 9.59 Å². The van der Waals surface area contributed by atoms with Gasteiger partial charge in [-0.05, 0) is 23.9 Å². The second-order valence-corrected chi connectivity index (χ2v) is 5.13.